The van der Waals surface area contributed by atoms with Crippen molar-refractivity contribution in [2.75, 3.05) is 0 Å². The Labute approximate surface area is 106 Å². The molecule has 1 unspecified atom stereocenters. The molecule has 0 aliphatic heterocycles. The molecule has 1 aromatic carbocycles. The van der Waals surface area contributed by atoms with Crippen LogP contribution in [0.25, 0.3) is 0 Å². The highest BCUT2D eigenvalue weighted by Gasteiger charge is 2.07. The SMILES string of the molecule is Cc1cc(F)ccc1CCn1cncc1C(C)N. The second kappa shape index (κ2) is 5.31. The molecule has 1 aromatic heterocycles. The summed E-state index contributed by atoms with van der Waals surface area (Å²) in [6, 6.07) is 4.88. The van der Waals surface area contributed by atoms with Crippen molar-refractivity contribution in [1.29, 1.82) is 0 Å². The number of aryl methyl sites for hydroxylation is 3. The number of imidazole rings is 1. The van der Waals surface area contributed by atoms with Crippen molar-refractivity contribution in [1.82, 2.24) is 9.55 Å². The van der Waals surface area contributed by atoms with Gasteiger partial charge in [0.2, 0.25) is 0 Å². The molecule has 3 nitrogen and oxygen atoms in total. The van der Waals surface area contributed by atoms with Crippen molar-refractivity contribution >= 4 is 0 Å². The van der Waals surface area contributed by atoms with Crippen LogP contribution >= 0.6 is 0 Å². The van der Waals surface area contributed by atoms with E-state index in [9.17, 15) is 4.39 Å². The lowest BCUT2D eigenvalue weighted by atomic mass is 10.1. The molecule has 0 saturated carbocycles. The number of hydrogen-bond acceptors (Lipinski definition) is 2. The quantitative estimate of drug-likeness (QED) is 0.902. The van der Waals surface area contributed by atoms with Gasteiger partial charge in [0, 0.05) is 18.8 Å². The first-order valence-electron chi connectivity index (χ1n) is 6.08. The fraction of sp³-hybridized carbons (Fsp3) is 0.357. The van der Waals surface area contributed by atoms with Crippen molar-refractivity contribution in [3.8, 4) is 0 Å². The van der Waals surface area contributed by atoms with Gasteiger partial charge in [0.05, 0.1) is 12.0 Å². The zero-order valence-corrected chi connectivity index (χ0v) is 10.7. The first-order valence-corrected chi connectivity index (χ1v) is 6.08. The monoisotopic (exact) mass is 247 g/mol. The van der Waals surface area contributed by atoms with Crippen LogP contribution in [0, 0.1) is 12.7 Å². The van der Waals surface area contributed by atoms with Gasteiger partial charge in [-0.15, -0.1) is 0 Å². The summed E-state index contributed by atoms with van der Waals surface area (Å²) >= 11 is 0. The second-order valence-electron chi connectivity index (χ2n) is 4.62. The fourth-order valence-electron chi connectivity index (χ4n) is 2.08. The van der Waals surface area contributed by atoms with Crippen LogP contribution < -0.4 is 5.73 Å². The number of nitrogens with zero attached hydrogens (tertiary/aromatic N) is 2. The van der Waals surface area contributed by atoms with Crippen LogP contribution in [-0.2, 0) is 13.0 Å². The van der Waals surface area contributed by atoms with E-state index in [0.717, 1.165) is 29.8 Å². The molecule has 0 spiro atoms. The van der Waals surface area contributed by atoms with Crippen LogP contribution in [0.3, 0.4) is 0 Å². The molecule has 4 heteroatoms. The summed E-state index contributed by atoms with van der Waals surface area (Å²) in [5, 5.41) is 0. The van der Waals surface area contributed by atoms with Gasteiger partial charge in [-0.2, -0.15) is 0 Å². The van der Waals surface area contributed by atoms with E-state index < -0.39 is 0 Å². The van der Waals surface area contributed by atoms with E-state index in [-0.39, 0.29) is 11.9 Å². The largest absolute Gasteiger partial charge is 0.333 e. The third kappa shape index (κ3) is 2.76. The van der Waals surface area contributed by atoms with Crippen molar-refractivity contribution in [3.05, 3.63) is 53.4 Å². The highest BCUT2D eigenvalue weighted by atomic mass is 19.1. The minimum absolute atomic E-state index is 0.0261. The zero-order valence-electron chi connectivity index (χ0n) is 10.7. The molecule has 96 valence electrons. The highest BCUT2D eigenvalue weighted by molar-refractivity contribution is 5.26. The lowest BCUT2D eigenvalue weighted by Gasteiger charge is -2.11. The molecule has 1 heterocycles. The molecule has 2 aromatic rings. The number of hydrogen-bond donors (Lipinski definition) is 1. The van der Waals surface area contributed by atoms with Crippen LogP contribution in [0.2, 0.25) is 0 Å². The molecule has 1 atom stereocenters. The average Bonchev–Trinajstić information content (AvgIpc) is 2.76. The summed E-state index contributed by atoms with van der Waals surface area (Å²) in [6.45, 7) is 4.68. The van der Waals surface area contributed by atoms with Gasteiger partial charge in [-0.3, -0.25) is 0 Å². The maximum absolute atomic E-state index is 13.0. The Bertz CT molecular complexity index is 532. The summed E-state index contributed by atoms with van der Waals surface area (Å²) in [5.74, 6) is -0.185. The third-order valence-electron chi connectivity index (χ3n) is 3.14. The predicted molar refractivity (Wildman–Crippen MR) is 69.7 cm³/mol. The van der Waals surface area contributed by atoms with Crippen molar-refractivity contribution in [2.24, 2.45) is 5.73 Å². The van der Waals surface area contributed by atoms with Gasteiger partial charge in [-0.05, 0) is 43.5 Å². The van der Waals surface area contributed by atoms with Gasteiger partial charge in [-0.1, -0.05) is 6.07 Å². The minimum atomic E-state index is -0.185. The van der Waals surface area contributed by atoms with E-state index in [2.05, 4.69) is 4.98 Å². The van der Waals surface area contributed by atoms with Crippen LogP contribution in [0.15, 0.2) is 30.7 Å². The predicted octanol–water partition coefficient (Wildman–Crippen LogP) is 2.59. The van der Waals surface area contributed by atoms with Gasteiger partial charge >= 0.3 is 0 Å². The normalized spacial score (nSPS) is 12.7. The summed E-state index contributed by atoms with van der Waals surface area (Å²) in [4.78, 5) is 4.12. The Hall–Kier alpha value is -1.68. The topological polar surface area (TPSA) is 43.8 Å². The number of rotatable bonds is 4. The van der Waals surface area contributed by atoms with Gasteiger partial charge < -0.3 is 10.3 Å². The Kier molecular flexibility index (Phi) is 3.77. The van der Waals surface area contributed by atoms with E-state index in [4.69, 9.17) is 5.73 Å². The Morgan fingerprint density at radius 2 is 2.22 bits per heavy atom. The van der Waals surface area contributed by atoms with E-state index in [0.29, 0.717) is 0 Å². The zero-order chi connectivity index (χ0) is 13.1. The average molecular weight is 247 g/mol. The Balaban J connectivity index is 2.09. The molecule has 0 amide bonds. The molecule has 0 aliphatic carbocycles. The van der Waals surface area contributed by atoms with Crippen LogP contribution in [0.5, 0.6) is 0 Å². The van der Waals surface area contributed by atoms with Gasteiger partial charge in [0.1, 0.15) is 5.82 Å². The highest BCUT2D eigenvalue weighted by Crippen LogP contribution is 2.14. The van der Waals surface area contributed by atoms with Crippen molar-refractivity contribution < 1.29 is 4.39 Å². The third-order valence-corrected chi connectivity index (χ3v) is 3.14. The lowest BCUT2D eigenvalue weighted by Crippen LogP contribution is -2.13. The first-order chi connectivity index (χ1) is 8.58. The summed E-state index contributed by atoms with van der Waals surface area (Å²) in [7, 11) is 0. The Morgan fingerprint density at radius 3 is 2.89 bits per heavy atom. The number of nitrogens with two attached hydrogens (primary N) is 1. The van der Waals surface area contributed by atoms with Crippen LogP contribution in [0.4, 0.5) is 4.39 Å². The molecule has 0 saturated heterocycles. The molecular formula is C14H18FN3. The molecular weight excluding hydrogens is 229 g/mol. The van der Waals surface area contributed by atoms with Gasteiger partial charge in [0.15, 0.2) is 0 Å². The number of halogens is 1. The molecule has 0 fully saturated rings. The molecule has 2 N–H and O–H groups in total. The maximum Gasteiger partial charge on any atom is 0.123 e. The van der Waals surface area contributed by atoms with E-state index in [1.807, 2.05) is 24.5 Å². The summed E-state index contributed by atoms with van der Waals surface area (Å²) < 4.78 is 15.0. The van der Waals surface area contributed by atoms with Crippen LogP contribution in [-0.4, -0.2) is 9.55 Å². The van der Waals surface area contributed by atoms with Crippen molar-refractivity contribution in [3.63, 3.8) is 0 Å². The van der Waals surface area contributed by atoms with Crippen molar-refractivity contribution in [2.45, 2.75) is 32.9 Å². The number of benzene rings is 1. The lowest BCUT2D eigenvalue weighted by molar-refractivity contribution is 0.614. The summed E-state index contributed by atoms with van der Waals surface area (Å²) in [5.41, 5.74) is 9.03. The van der Waals surface area contributed by atoms with Gasteiger partial charge in [0.25, 0.3) is 0 Å². The first kappa shape index (κ1) is 12.8. The standard InChI is InChI=1S/C14H18FN3/c1-10-7-13(15)4-3-12(10)5-6-18-9-17-8-14(18)11(2)16/h3-4,7-9,11H,5-6,16H2,1-2H3. The number of aromatic nitrogens is 2. The van der Waals surface area contributed by atoms with Crippen LogP contribution in [0.1, 0.15) is 29.8 Å². The van der Waals surface area contributed by atoms with E-state index >= 15 is 0 Å². The molecule has 18 heavy (non-hydrogen) atoms. The Morgan fingerprint density at radius 1 is 1.44 bits per heavy atom. The molecule has 0 bridgehead atoms. The van der Waals surface area contributed by atoms with E-state index in [1.54, 1.807) is 18.6 Å². The molecule has 2 rings (SSSR count). The summed E-state index contributed by atoms with van der Waals surface area (Å²) in [6.07, 6.45) is 4.43. The smallest absolute Gasteiger partial charge is 0.123 e. The van der Waals surface area contributed by atoms with E-state index in [1.165, 1.54) is 6.07 Å². The second-order valence-corrected chi connectivity index (χ2v) is 4.62. The fourth-order valence-corrected chi connectivity index (χ4v) is 2.08. The molecule has 0 aliphatic rings. The molecule has 0 radical (unpaired) electrons. The van der Waals surface area contributed by atoms with Gasteiger partial charge in [-0.25, -0.2) is 9.37 Å². The maximum atomic E-state index is 13.0. The minimum Gasteiger partial charge on any atom is -0.333 e.